The maximum atomic E-state index is 3.78. The summed E-state index contributed by atoms with van der Waals surface area (Å²) in [6.07, 6.45) is 3.50. The minimum atomic E-state index is 0. The van der Waals surface area contributed by atoms with Crippen molar-refractivity contribution in [1.29, 1.82) is 0 Å². The van der Waals surface area contributed by atoms with Crippen LogP contribution in [0.4, 0.5) is 0 Å². The van der Waals surface area contributed by atoms with Crippen LogP contribution >= 0.6 is 0 Å². The molecule has 0 spiro atoms. The molecule has 1 radical (unpaired) electrons. The molecule has 0 unspecified atom stereocenters. The van der Waals surface area contributed by atoms with Crippen LogP contribution in [-0.4, -0.2) is 11.9 Å². The van der Waals surface area contributed by atoms with Crippen molar-refractivity contribution in [1.82, 2.24) is 4.98 Å². The molecule has 0 amide bonds. The van der Waals surface area contributed by atoms with Crippen LogP contribution in [0.15, 0.2) is 24.3 Å². The number of aromatic nitrogens is 1. The molecule has 0 aromatic carbocycles. The molecule has 0 fully saturated rings. The van der Waals surface area contributed by atoms with Gasteiger partial charge in [0.2, 0.25) is 0 Å². The van der Waals surface area contributed by atoms with Gasteiger partial charge in [-0.25, -0.2) is 0 Å². The zero-order chi connectivity index (χ0) is 4.24. The van der Waals surface area contributed by atoms with E-state index in [2.05, 4.69) is 4.98 Å². The Bertz CT molecular complexity index is 83.6. The van der Waals surface area contributed by atoms with E-state index in [0.29, 0.717) is 0 Å². The van der Waals surface area contributed by atoms with Gasteiger partial charge in [0.15, 0.2) is 0 Å². The molecule has 1 nitrogen and oxygen atoms in total. The SMILES string of the molecule is [Cu].b1ccncc1. The van der Waals surface area contributed by atoms with E-state index in [1.165, 1.54) is 0 Å². The van der Waals surface area contributed by atoms with Crippen LogP contribution < -0.4 is 0 Å². The molecule has 1 aromatic rings. The summed E-state index contributed by atoms with van der Waals surface area (Å²) in [5.41, 5.74) is 0. The van der Waals surface area contributed by atoms with Crippen LogP contribution in [0, 0.1) is 0 Å². The van der Waals surface area contributed by atoms with Crippen molar-refractivity contribution < 1.29 is 17.1 Å². The van der Waals surface area contributed by atoms with E-state index in [0.717, 1.165) is 0 Å². The molecule has 0 aliphatic carbocycles. The zero-order valence-corrected chi connectivity index (χ0v) is 4.58. The molecule has 0 aliphatic rings. The number of hydrogen-bond donors (Lipinski definition) is 0. The first-order valence-electron chi connectivity index (χ1n) is 1.85. The van der Waals surface area contributed by atoms with E-state index >= 15 is 0 Å². The quantitative estimate of drug-likeness (QED) is 0.476. The van der Waals surface area contributed by atoms with E-state index in [1.54, 1.807) is 12.4 Å². The summed E-state index contributed by atoms with van der Waals surface area (Å²) in [6, 6.07) is 0. The third-order valence-electron chi connectivity index (χ3n) is 0.566. The maximum absolute atomic E-state index is 3.78. The summed E-state index contributed by atoms with van der Waals surface area (Å²) in [5.74, 6) is 3.78. The molecule has 0 aliphatic heterocycles. The third kappa shape index (κ3) is 2.55. The monoisotopic (exact) mass is 140 g/mol. The third-order valence-corrected chi connectivity index (χ3v) is 0.566. The van der Waals surface area contributed by atoms with Gasteiger partial charge >= 0.3 is 36.2 Å². The van der Waals surface area contributed by atoms with Gasteiger partial charge in [-0.15, -0.1) is 0 Å². The fourth-order valence-corrected chi connectivity index (χ4v) is 0.313. The summed E-state index contributed by atoms with van der Waals surface area (Å²) in [4.78, 5) is 3.78. The van der Waals surface area contributed by atoms with Gasteiger partial charge in [0.05, 0.1) is 0 Å². The second-order valence-corrected chi connectivity index (χ2v) is 1.02. The standard InChI is InChI=1S/C4H4BN.Cu/c1-3-6-4-2-5-1;/h1-4H;. The molecule has 1 aromatic heterocycles. The summed E-state index contributed by atoms with van der Waals surface area (Å²) in [7, 11) is 0. The van der Waals surface area contributed by atoms with Gasteiger partial charge in [0.25, 0.3) is 0 Å². The van der Waals surface area contributed by atoms with Crippen LogP contribution in [0.1, 0.15) is 0 Å². The Morgan fingerprint density at radius 1 is 1.14 bits per heavy atom. The number of hydrogen-bond acceptors (Lipinski definition) is 1. The van der Waals surface area contributed by atoms with Crippen LogP contribution in [-0.2, 0) is 17.1 Å². The van der Waals surface area contributed by atoms with Gasteiger partial charge in [-0.1, -0.05) is 0 Å². The average molecular weight is 140 g/mol. The second kappa shape index (κ2) is 4.03. The molecule has 3 heteroatoms. The summed E-state index contributed by atoms with van der Waals surface area (Å²) in [6.45, 7) is 1.94. The van der Waals surface area contributed by atoms with E-state index < -0.39 is 0 Å². The van der Waals surface area contributed by atoms with Crippen LogP contribution in [0.2, 0.25) is 0 Å². The van der Waals surface area contributed by atoms with Crippen LogP contribution in [0.25, 0.3) is 0 Å². The Labute approximate surface area is 53.8 Å². The molecule has 0 saturated carbocycles. The molecular formula is C4H4BCuN. The normalized spacial score (nSPS) is 6.29. The molecule has 0 saturated heterocycles. The topological polar surface area (TPSA) is 12.9 Å². The van der Waals surface area contributed by atoms with Crippen molar-refractivity contribution >= 4 is 6.91 Å². The van der Waals surface area contributed by atoms with Gasteiger partial charge in [-0.05, 0) is 0 Å². The predicted octanol–water partition coefficient (Wildman–Crippen LogP) is 0.417. The van der Waals surface area contributed by atoms with Gasteiger partial charge < -0.3 is 0 Å². The first kappa shape index (κ1) is 6.86. The molecule has 0 N–H and O–H groups in total. The van der Waals surface area contributed by atoms with Crippen molar-refractivity contribution in [3.8, 4) is 0 Å². The average Bonchev–Trinajstić information content (AvgIpc) is 1.72. The van der Waals surface area contributed by atoms with Crippen molar-refractivity contribution in [2.75, 3.05) is 0 Å². The molecule has 39 valence electrons. The summed E-state index contributed by atoms with van der Waals surface area (Å²) >= 11 is 0. The summed E-state index contributed by atoms with van der Waals surface area (Å²) in [5, 5.41) is 0. The molecule has 7 heavy (non-hydrogen) atoms. The van der Waals surface area contributed by atoms with E-state index in [9.17, 15) is 0 Å². The van der Waals surface area contributed by atoms with Crippen LogP contribution in [0.3, 0.4) is 0 Å². The Hall–Kier alpha value is -0.136. The van der Waals surface area contributed by atoms with Crippen molar-refractivity contribution in [3.05, 3.63) is 24.3 Å². The molecule has 0 bridgehead atoms. The van der Waals surface area contributed by atoms with Crippen molar-refractivity contribution in [2.24, 2.45) is 0 Å². The van der Waals surface area contributed by atoms with E-state index in [-0.39, 0.29) is 17.1 Å². The Morgan fingerprint density at radius 2 is 1.71 bits per heavy atom. The van der Waals surface area contributed by atoms with Crippen molar-refractivity contribution in [2.45, 2.75) is 0 Å². The fourth-order valence-electron chi connectivity index (χ4n) is 0.313. The number of rotatable bonds is 0. The fraction of sp³-hybridized carbons (Fsp3) is 0. The summed E-state index contributed by atoms with van der Waals surface area (Å²) < 4.78 is 0. The van der Waals surface area contributed by atoms with Crippen LogP contribution in [0.5, 0.6) is 0 Å². The zero-order valence-electron chi connectivity index (χ0n) is 3.64. The Morgan fingerprint density at radius 3 is 1.86 bits per heavy atom. The van der Waals surface area contributed by atoms with E-state index in [1.807, 2.05) is 18.8 Å². The van der Waals surface area contributed by atoms with Crippen molar-refractivity contribution in [3.63, 3.8) is 0 Å². The molecule has 0 atom stereocenters. The number of nitrogens with zero attached hydrogens (tertiary/aromatic N) is 1. The molecular weight excluding hydrogens is 136 g/mol. The Kier molecular flexibility index (Phi) is 3.96. The van der Waals surface area contributed by atoms with Gasteiger partial charge in [-0.3, -0.25) is 0 Å². The first-order valence-corrected chi connectivity index (χ1v) is 1.85. The van der Waals surface area contributed by atoms with Gasteiger partial charge in [0.1, 0.15) is 0 Å². The van der Waals surface area contributed by atoms with E-state index in [4.69, 9.17) is 0 Å². The minimum absolute atomic E-state index is 0. The Balaban J connectivity index is 0.000000360. The molecule has 1 rings (SSSR count). The van der Waals surface area contributed by atoms with Gasteiger partial charge in [0, 0.05) is 17.1 Å². The molecule has 1 heterocycles. The first-order chi connectivity index (χ1) is 3.00. The van der Waals surface area contributed by atoms with Gasteiger partial charge in [-0.2, -0.15) is 0 Å². The predicted molar refractivity (Wildman–Crippen MR) is 25.6 cm³/mol. The second-order valence-electron chi connectivity index (χ2n) is 1.02.